The molecule has 1 saturated heterocycles. The molecule has 0 saturated carbocycles. The number of anilines is 2. The summed E-state index contributed by atoms with van der Waals surface area (Å²) >= 11 is 8.67. The number of rotatable bonds is 4. The Balaban J connectivity index is 1.82. The number of hydrogen-bond acceptors (Lipinski definition) is 7. The van der Waals surface area contributed by atoms with Gasteiger partial charge in [0.15, 0.2) is 0 Å². The summed E-state index contributed by atoms with van der Waals surface area (Å²) in [6, 6.07) is 16.5. The number of esters is 1. The van der Waals surface area contributed by atoms with E-state index in [-0.39, 0.29) is 23.3 Å². The van der Waals surface area contributed by atoms with E-state index in [0.29, 0.717) is 5.02 Å². The molecule has 28 heavy (non-hydrogen) atoms. The number of ether oxygens (including phenoxy) is 1. The molecule has 1 amide bonds. The van der Waals surface area contributed by atoms with Gasteiger partial charge in [-0.1, -0.05) is 41.6 Å². The van der Waals surface area contributed by atoms with Crippen molar-refractivity contribution in [3.8, 4) is 0 Å². The molecule has 0 aromatic heterocycles. The molecule has 2 aromatic carbocycles. The van der Waals surface area contributed by atoms with Crippen LogP contribution in [-0.2, 0) is 14.3 Å². The first kappa shape index (κ1) is 19.2. The molecular formula is C19H16ClN3O3S2. The van der Waals surface area contributed by atoms with Gasteiger partial charge in [0.2, 0.25) is 15.3 Å². The molecule has 0 radical (unpaired) electrons. The molecule has 0 N–H and O–H groups in total. The van der Waals surface area contributed by atoms with Crippen molar-refractivity contribution in [3.63, 3.8) is 0 Å². The summed E-state index contributed by atoms with van der Waals surface area (Å²) in [5.41, 5.74) is 1.46. The van der Waals surface area contributed by atoms with E-state index in [9.17, 15) is 9.59 Å². The first-order valence-electron chi connectivity index (χ1n) is 8.58. The minimum atomic E-state index is -0.950. The maximum atomic E-state index is 12.8. The molecule has 1 atom stereocenters. The first-order valence-corrected chi connectivity index (χ1v) is 10.8. The minimum Gasteiger partial charge on any atom is -0.461 e. The third kappa shape index (κ3) is 3.25. The third-order valence-electron chi connectivity index (χ3n) is 4.14. The van der Waals surface area contributed by atoms with Crippen molar-refractivity contribution in [3.05, 3.63) is 59.6 Å². The summed E-state index contributed by atoms with van der Waals surface area (Å²) < 4.78 is 4.20. The number of hydrogen-bond donors (Lipinski definition) is 0. The fraction of sp³-hybridized carbons (Fsp3) is 0.211. The Morgan fingerprint density at radius 1 is 1.18 bits per heavy atom. The zero-order valence-corrected chi connectivity index (χ0v) is 17.3. The fourth-order valence-corrected chi connectivity index (χ4v) is 5.85. The molecule has 6 nitrogen and oxygen atoms in total. The highest BCUT2D eigenvalue weighted by Gasteiger charge is 2.58. The monoisotopic (exact) mass is 433 g/mol. The van der Waals surface area contributed by atoms with Crippen LogP contribution in [0.2, 0.25) is 5.02 Å². The van der Waals surface area contributed by atoms with Crippen LogP contribution in [-0.4, -0.2) is 33.6 Å². The Kier molecular flexibility index (Phi) is 5.27. The maximum absolute atomic E-state index is 12.8. The van der Waals surface area contributed by atoms with Gasteiger partial charge in [-0.3, -0.25) is 9.69 Å². The fourth-order valence-electron chi connectivity index (χ4n) is 2.98. The van der Waals surface area contributed by atoms with Crippen molar-refractivity contribution in [2.24, 2.45) is 5.10 Å². The van der Waals surface area contributed by atoms with Crippen LogP contribution >= 0.6 is 35.1 Å². The molecule has 2 aliphatic rings. The van der Waals surface area contributed by atoms with Gasteiger partial charge in [-0.25, -0.2) is 9.80 Å². The van der Waals surface area contributed by atoms with Crippen molar-refractivity contribution < 1.29 is 14.3 Å². The van der Waals surface area contributed by atoms with E-state index in [1.54, 1.807) is 29.0 Å². The van der Waals surface area contributed by atoms with Crippen molar-refractivity contribution in [2.75, 3.05) is 22.3 Å². The number of carbonyl (C=O) groups excluding carboxylic acids is 2. The first-order chi connectivity index (χ1) is 13.5. The molecular weight excluding hydrogens is 418 g/mol. The van der Waals surface area contributed by atoms with E-state index < -0.39 is 10.3 Å². The number of benzene rings is 2. The SMILES string of the molecule is CCOC(=O)C1=NN(c2ccc(Cl)cc2)[C@]2(SCC(=O)N2c2ccccc2)S1. The smallest absolute Gasteiger partial charge is 0.365 e. The Bertz CT molecular complexity index is 939. The van der Waals surface area contributed by atoms with Crippen LogP contribution in [0.25, 0.3) is 0 Å². The van der Waals surface area contributed by atoms with E-state index in [0.717, 1.165) is 11.4 Å². The number of halogens is 1. The van der Waals surface area contributed by atoms with Gasteiger partial charge in [-0.2, -0.15) is 5.10 Å². The second-order valence-electron chi connectivity index (χ2n) is 5.92. The largest absolute Gasteiger partial charge is 0.461 e. The third-order valence-corrected chi connectivity index (χ3v) is 7.18. The molecule has 2 aromatic rings. The lowest BCUT2D eigenvalue weighted by atomic mass is 10.3. The lowest BCUT2D eigenvalue weighted by molar-refractivity contribution is -0.134. The van der Waals surface area contributed by atoms with Gasteiger partial charge in [0.1, 0.15) is 0 Å². The summed E-state index contributed by atoms with van der Waals surface area (Å²) in [7, 11) is 0. The topological polar surface area (TPSA) is 62.2 Å². The molecule has 1 fully saturated rings. The van der Waals surface area contributed by atoms with Crippen LogP contribution in [0.15, 0.2) is 59.7 Å². The number of carbonyl (C=O) groups is 2. The van der Waals surface area contributed by atoms with Crippen LogP contribution in [0, 0.1) is 0 Å². The maximum Gasteiger partial charge on any atom is 0.365 e. The quantitative estimate of drug-likeness (QED) is 0.674. The number of thioether (sulfide) groups is 2. The van der Waals surface area contributed by atoms with Gasteiger partial charge >= 0.3 is 5.97 Å². The molecule has 1 spiro atoms. The predicted octanol–water partition coefficient (Wildman–Crippen LogP) is 4.16. The highest BCUT2D eigenvalue weighted by Crippen LogP contribution is 2.55. The standard InChI is InChI=1S/C19H16ClN3O3S2/c1-2-26-18(25)17-21-23(15-10-8-13(20)9-11-15)19(28-17)22(16(24)12-27-19)14-6-4-3-5-7-14/h3-11H,2,12H2,1H3/t19-/m1/s1. The second-order valence-corrected chi connectivity index (χ2v) is 8.92. The van der Waals surface area contributed by atoms with E-state index in [1.807, 2.05) is 42.5 Å². The number of hydrazone groups is 1. The minimum absolute atomic E-state index is 0.0528. The normalized spacial score (nSPS) is 21.4. The number of amides is 1. The van der Waals surface area contributed by atoms with E-state index >= 15 is 0 Å². The Hall–Kier alpha value is -2.16. The molecule has 2 heterocycles. The number of para-hydroxylation sites is 1. The highest BCUT2D eigenvalue weighted by atomic mass is 35.5. The molecule has 0 aliphatic carbocycles. The molecule has 0 unspecified atom stereocenters. The molecule has 2 aliphatic heterocycles. The van der Waals surface area contributed by atoms with Crippen LogP contribution in [0.1, 0.15) is 6.92 Å². The highest BCUT2D eigenvalue weighted by molar-refractivity contribution is 8.28. The van der Waals surface area contributed by atoms with Crippen molar-refractivity contribution >= 4 is 63.4 Å². The van der Waals surface area contributed by atoms with Crippen LogP contribution in [0.5, 0.6) is 0 Å². The number of nitrogens with zero attached hydrogens (tertiary/aromatic N) is 3. The van der Waals surface area contributed by atoms with Gasteiger partial charge < -0.3 is 4.74 Å². The van der Waals surface area contributed by atoms with Crippen molar-refractivity contribution in [1.29, 1.82) is 0 Å². The van der Waals surface area contributed by atoms with E-state index in [4.69, 9.17) is 16.3 Å². The summed E-state index contributed by atoms with van der Waals surface area (Å²) in [6.45, 7) is 2.00. The Morgan fingerprint density at radius 3 is 2.57 bits per heavy atom. The average molecular weight is 434 g/mol. The lowest BCUT2D eigenvalue weighted by Crippen LogP contribution is -2.51. The van der Waals surface area contributed by atoms with Crippen LogP contribution in [0.3, 0.4) is 0 Å². The summed E-state index contributed by atoms with van der Waals surface area (Å²) in [6.07, 6.45) is 0. The van der Waals surface area contributed by atoms with Crippen molar-refractivity contribution in [2.45, 2.75) is 11.3 Å². The van der Waals surface area contributed by atoms with Crippen molar-refractivity contribution in [1.82, 2.24) is 0 Å². The van der Waals surface area contributed by atoms with E-state index in [2.05, 4.69) is 5.10 Å². The second kappa shape index (κ2) is 7.69. The van der Waals surface area contributed by atoms with Crippen LogP contribution < -0.4 is 9.91 Å². The van der Waals surface area contributed by atoms with Gasteiger partial charge in [-0.15, -0.1) is 0 Å². The summed E-state index contributed by atoms with van der Waals surface area (Å²) in [4.78, 5) is 26.9. The van der Waals surface area contributed by atoms with Crippen LogP contribution in [0.4, 0.5) is 11.4 Å². The molecule has 4 rings (SSSR count). The average Bonchev–Trinajstić information content (AvgIpc) is 3.24. The van der Waals surface area contributed by atoms with E-state index in [1.165, 1.54) is 23.5 Å². The zero-order valence-electron chi connectivity index (χ0n) is 14.9. The van der Waals surface area contributed by atoms with Gasteiger partial charge in [0, 0.05) is 10.7 Å². The van der Waals surface area contributed by atoms with Gasteiger partial charge in [0.25, 0.3) is 0 Å². The molecule has 9 heteroatoms. The Morgan fingerprint density at radius 2 is 1.89 bits per heavy atom. The molecule has 0 bridgehead atoms. The summed E-state index contributed by atoms with van der Waals surface area (Å²) in [5, 5.41) is 7.03. The lowest BCUT2D eigenvalue weighted by Gasteiger charge is -2.39. The Labute approximate surface area is 175 Å². The summed E-state index contributed by atoms with van der Waals surface area (Å²) in [5.74, 6) is -0.281. The van der Waals surface area contributed by atoms with Gasteiger partial charge in [0.05, 0.1) is 18.0 Å². The van der Waals surface area contributed by atoms with Gasteiger partial charge in [-0.05, 0) is 55.1 Å². The molecule has 144 valence electrons. The zero-order chi connectivity index (χ0) is 19.7. The predicted molar refractivity (Wildman–Crippen MR) is 115 cm³/mol.